The number of carbonyl (C=O) groups is 1. The van der Waals surface area contributed by atoms with Gasteiger partial charge in [0.15, 0.2) is 0 Å². The molecule has 0 aliphatic heterocycles. The zero-order valence-electron chi connectivity index (χ0n) is 13.4. The number of hydrogen-bond acceptors (Lipinski definition) is 3. The van der Waals surface area contributed by atoms with E-state index in [4.69, 9.17) is 0 Å². The third-order valence-electron chi connectivity index (χ3n) is 3.64. The fourth-order valence-electron chi connectivity index (χ4n) is 2.45. The molecule has 0 aliphatic carbocycles. The van der Waals surface area contributed by atoms with Crippen molar-refractivity contribution in [2.24, 2.45) is 0 Å². The summed E-state index contributed by atoms with van der Waals surface area (Å²) in [6.45, 7) is 4.13. The van der Waals surface area contributed by atoms with Gasteiger partial charge in [-0.3, -0.25) is 4.79 Å². The van der Waals surface area contributed by atoms with Crippen LogP contribution in [-0.2, 0) is 6.42 Å². The first kappa shape index (κ1) is 17.1. The highest BCUT2D eigenvalue weighted by atomic mass is 19.1. The molecule has 23 heavy (non-hydrogen) atoms. The van der Waals surface area contributed by atoms with Crippen molar-refractivity contribution in [1.82, 2.24) is 15.1 Å². The van der Waals surface area contributed by atoms with Crippen LogP contribution in [-0.4, -0.2) is 33.4 Å². The molecule has 2 rings (SSSR count). The first-order chi connectivity index (χ1) is 11.1. The molecule has 1 atom stereocenters. The van der Waals surface area contributed by atoms with Gasteiger partial charge in [-0.1, -0.05) is 20.3 Å². The molecule has 124 valence electrons. The molecule has 2 aromatic rings. The number of aliphatic hydroxyl groups excluding tert-OH is 1. The smallest absolute Gasteiger partial charge is 0.254 e. The summed E-state index contributed by atoms with van der Waals surface area (Å²) < 4.78 is 14.7. The number of hydrogen-bond donors (Lipinski definition) is 2. The van der Waals surface area contributed by atoms with Crippen molar-refractivity contribution in [3.63, 3.8) is 0 Å². The minimum atomic E-state index is -0.541. The Hall–Kier alpha value is -2.21. The van der Waals surface area contributed by atoms with E-state index in [2.05, 4.69) is 10.4 Å². The van der Waals surface area contributed by atoms with Crippen molar-refractivity contribution in [3.8, 4) is 5.69 Å². The lowest BCUT2D eigenvalue weighted by molar-refractivity contribution is 0.0909. The highest BCUT2D eigenvalue weighted by Gasteiger charge is 2.17. The lowest BCUT2D eigenvalue weighted by Crippen LogP contribution is -2.32. The van der Waals surface area contributed by atoms with E-state index in [-0.39, 0.29) is 18.3 Å². The van der Waals surface area contributed by atoms with Crippen LogP contribution in [0.3, 0.4) is 0 Å². The van der Waals surface area contributed by atoms with Gasteiger partial charge in [-0.15, -0.1) is 0 Å². The summed E-state index contributed by atoms with van der Waals surface area (Å²) >= 11 is 0. The molecule has 6 heteroatoms. The second-order valence-corrected chi connectivity index (χ2v) is 5.40. The predicted octanol–water partition coefficient (Wildman–Crippen LogP) is 2.46. The minimum Gasteiger partial charge on any atom is -0.391 e. The highest BCUT2D eigenvalue weighted by Crippen LogP contribution is 2.16. The van der Waals surface area contributed by atoms with Crippen molar-refractivity contribution in [1.29, 1.82) is 0 Å². The largest absolute Gasteiger partial charge is 0.391 e. The third-order valence-corrected chi connectivity index (χ3v) is 3.64. The van der Waals surface area contributed by atoms with Crippen LogP contribution in [0.25, 0.3) is 5.69 Å². The van der Waals surface area contributed by atoms with Gasteiger partial charge < -0.3 is 10.4 Å². The Morgan fingerprint density at radius 1 is 1.35 bits per heavy atom. The Balaban J connectivity index is 2.17. The van der Waals surface area contributed by atoms with Crippen LogP contribution in [0.2, 0.25) is 0 Å². The van der Waals surface area contributed by atoms with Crippen molar-refractivity contribution in [2.45, 2.75) is 39.2 Å². The van der Waals surface area contributed by atoms with Crippen molar-refractivity contribution in [2.75, 3.05) is 6.54 Å². The van der Waals surface area contributed by atoms with Crippen molar-refractivity contribution >= 4 is 5.91 Å². The summed E-state index contributed by atoms with van der Waals surface area (Å²) in [5.41, 5.74) is 1.92. The lowest BCUT2D eigenvalue weighted by Gasteiger charge is -2.11. The van der Waals surface area contributed by atoms with E-state index in [9.17, 15) is 14.3 Å². The zero-order chi connectivity index (χ0) is 16.8. The molecular weight excluding hydrogens is 297 g/mol. The number of nitrogens with zero attached hydrogens (tertiary/aromatic N) is 2. The summed E-state index contributed by atoms with van der Waals surface area (Å²) in [7, 11) is 0. The van der Waals surface area contributed by atoms with Crippen LogP contribution in [0.15, 0.2) is 30.5 Å². The van der Waals surface area contributed by atoms with E-state index in [0.717, 1.165) is 12.1 Å². The van der Waals surface area contributed by atoms with Crippen LogP contribution >= 0.6 is 0 Å². The standard InChI is InChI=1S/C17H22FN3O2/c1-3-5-14(22)10-19-17(23)15-11-20-21(16(15)4-2)13-8-6-12(18)7-9-13/h6-9,11,14,22H,3-5,10H2,1-2H3,(H,19,23). The molecule has 0 saturated carbocycles. The quantitative estimate of drug-likeness (QED) is 0.824. The van der Waals surface area contributed by atoms with Crippen LogP contribution < -0.4 is 5.32 Å². The minimum absolute atomic E-state index is 0.220. The normalized spacial score (nSPS) is 12.2. The summed E-state index contributed by atoms with van der Waals surface area (Å²) in [5, 5.41) is 16.7. The highest BCUT2D eigenvalue weighted by molar-refractivity contribution is 5.95. The van der Waals surface area contributed by atoms with Crippen LogP contribution in [0.5, 0.6) is 0 Å². The Morgan fingerprint density at radius 3 is 2.65 bits per heavy atom. The molecule has 1 aromatic carbocycles. The lowest BCUT2D eigenvalue weighted by atomic mass is 10.1. The first-order valence-corrected chi connectivity index (χ1v) is 7.85. The summed E-state index contributed by atoms with van der Waals surface area (Å²) in [4.78, 5) is 12.3. The summed E-state index contributed by atoms with van der Waals surface area (Å²) in [5.74, 6) is -0.577. The average Bonchev–Trinajstić information content (AvgIpc) is 2.97. The Morgan fingerprint density at radius 2 is 2.04 bits per heavy atom. The van der Waals surface area contributed by atoms with Gasteiger partial charge in [-0.05, 0) is 37.1 Å². The molecule has 1 unspecified atom stereocenters. The monoisotopic (exact) mass is 319 g/mol. The molecule has 5 nitrogen and oxygen atoms in total. The molecule has 0 saturated heterocycles. The van der Waals surface area contributed by atoms with Gasteiger partial charge in [0, 0.05) is 6.54 Å². The second-order valence-electron chi connectivity index (χ2n) is 5.40. The molecule has 1 aromatic heterocycles. The number of aliphatic hydroxyl groups is 1. The summed E-state index contributed by atoms with van der Waals surface area (Å²) in [6, 6.07) is 5.96. The van der Waals surface area contributed by atoms with E-state index in [1.807, 2.05) is 13.8 Å². The van der Waals surface area contributed by atoms with Crippen LogP contribution in [0, 0.1) is 5.82 Å². The second kappa shape index (κ2) is 7.87. The topological polar surface area (TPSA) is 67.2 Å². The molecule has 1 heterocycles. The average molecular weight is 319 g/mol. The Labute approximate surface area is 135 Å². The molecule has 1 amide bonds. The molecule has 0 radical (unpaired) electrons. The number of carbonyl (C=O) groups excluding carboxylic acids is 1. The molecule has 0 bridgehead atoms. The van der Waals surface area contributed by atoms with Crippen molar-refractivity contribution < 1.29 is 14.3 Å². The fourth-order valence-corrected chi connectivity index (χ4v) is 2.45. The Kier molecular flexibility index (Phi) is 5.87. The molecule has 2 N–H and O–H groups in total. The predicted molar refractivity (Wildman–Crippen MR) is 86.1 cm³/mol. The van der Waals surface area contributed by atoms with Crippen LogP contribution in [0.4, 0.5) is 4.39 Å². The first-order valence-electron chi connectivity index (χ1n) is 7.85. The Bertz CT molecular complexity index is 652. The summed E-state index contributed by atoms with van der Waals surface area (Å²) in [6.07, 6.45) is 3.08. The van der Waals surface area contributed by atoms with Gasteiger partial charge in [0.1, 0.15) is 5.82 Å². The van der Waals surface area contributed by atoms with Gasteiger partial charge in [0.25, 0.3) is 5.91 Å². The third kappa shape index (κ3) is 4.16. The maximum atomic E-state index is 13.0. The number of aromatic nitrogens is 2. The SMILES string of the molecule is CCCC(O)CNC(=O)c1cnn(-c2ccc(F)cc2)c1CC. The molecule has 0 fully saturated rings. The van der Waals surface area contributed by atoms with Gasteiger partial charge >= 0.3 is 0 Å². The van der Waals surface area contributed by atoms with Crippen LogP contribution in [0.1, 0.15) is 42.7 Å². The van der Waals surface area contributed by atoms with E-state index >= 15 is 0 Å². The number of benzene rings is 1. The van der Waals surface area contributed by atoms with Gasteiger partial charge in [0.05, 0.1) is 29.2 Å². The molecule has 0 aliphatic rings. The zero-order valence-corrected chi connectivity index (χ0v) is 13.4. The van der Waals surface area contributed by atoms with Crippen molar-refractivity contribution in [3.05, 3.63) is 47.5 Å². The van der Waals surface area contributed by atoms with E-state index in [1.165, 1.54) is 18.3 Å². The van der Waals surface area contributed by atoms with E-state index in [0.29, 0.717) is 24.1 Å². The maximum Gasteiger partial charge on any atom is 0.254 e. The number of amides is 1. The number of nitrogens with one attached hydrogen (secondary N) is 1. The van der Waals surface area contributed by atoms with Gasteiger partial charge in [0.2, 0.25) is 0 Å². The van der Waals surface area contributed by atoms with E-state index < -0.39 is 6.10 Å². The fraction of sp³-hybridized carbons (Fsp3) is 0.412. The number of rotatable bonds is 7. The maximum absolute atomic E-state index is 13.0. The molecule has 0 spiro atoms. The number of halogens is 1. The van der Waals surface area contributed by atoms with Gasteiger partial charge in [-0.25, -0.2) is 9.07 Å². The molecular formula is C17H22FN3O2. The van der Waals surface area contributed by atoms with E-state index in [1.54, 1.807) is 16.8 Å². The van der Waals surface area contributed by atoms with Gasteiger partial charge in [-0.2, -0.15) is 5.10 Å².